The van der Waals surface area contributed by atoms with Crippen LogP contribution in [0.25, 0.3) is 0 Å². The minimum atomic E-state index is -0.154. The van der Waals surface area contributed by atoms with Gasteiger partial charge in [-0.05, 0) is 13.0 Å². The van der Waals surface area contributed by atoms with Gasteiger partial charge < -0.3 is 9.84 Å². The zero-order chi connectivity index (χ0) is 10.7. The molecule has 0 fully saturated rings. The SMILES string of the molecule is COc1c(C(C)=O)ccc(CCl)c1O. The Morgan fingerprint density at radius 2 is 2.21 bits per heavy atom. The van der Waals surface area contributed by atoms with Gasteiger partial charge in [0.05, 0.1) is 18.6 Å². The lowest BCUT2D eigenvalue weighted by Gasteiger charge is -2.10. The molecule has 14 heavy (non-hydrogen) atoms. The van der Waals surface area contributed by atoms with Crippen LogP contribution in [0.4, 0.5) is 0 Å². The number of carbonyl (C=O) groups is 1. The fourth-order valence-electron chi connectivity index (χ4n) is 1.20. The maximum atomic E-state index is 11.2. The van der Waals surface area contributed by atoms with E-state index >= 15 is 0 Å². The first-order valence-electron chi connectivity index (χ1n) is 4.07. The summed E-state index contributed by atoms with van der Waals surface area (Å²) in [4.78, 5) is 11.2. The maximum Gasteiger partial charge on any atom is 0.171 e. The van der Waals surface area contributed by atoms with Gasteiger partial charge in [0, 0.05) is 5.56 Å². The van der Waals surface area contributed by atoms with Crippen molar-refractivity contribution >= 4 is 17.4 Å². The molecule has 1 aromatic rings. The van der Waals surface area contributed by atoms with Crippen LogP contribution in [0.1, 0.15) is 22.8 Å². The summed E-state index contributed by atoms with van der Waals surface area (Å²) < 4.78 is 4.95. The number of hydrogen-bond acceptors (Lipinski definition) is 3. The lowest BCUT2D eigenvalue weighted by atomic mass is 10.1. The second-order valence-corrected chi connectivity index (χ2v) is 3.11. The van der Waals surface area contributed by atoms with Crippen LogP contribution in [0.15, 0.2) is 12.1 Å². The Morgan fingerprint density at radius 1 is 1.57 bits per heavy atom. The minimum absolute atomic E-state index is 0.0600. The number of ether oxygens (including phenoxy) is 1. The van der Waals surface area contributed by atoms with E-state index in [1.165, 1.54) is 14.0 Å². The number of carbonyl (C=O) groups excluding carboxylic acids is 1. The Morgan fingerprint density at radius 3 is 2.64 bits per heavy atom. The number of alkyl halides is 1. The van der Waals surface area contributed by atoms with Gasteiger partial charge in [0.1, 0.15) is 0 Å². The monoisotopic (exact) mass is 214 g/mol. The molecular formula is C10H11ClO3. The molecule has 76 valence electrons. The molecule has 0 saturated carbocycles. The Balaban J connectivity index is 3.35. The van der Waals surface area contributed by atoms with Crippen LogP contribution in [0.3, 0.4) is 0 Å². The zero-order valence-electron chi connectivity index (χ0n) is 8.00. The summed E-state index contributed by atoms with van der Waals surface area (Å²) in [5, 5.41) is 9.66. The third-order valence-electron chi connectivity index (χ3n) is 1.94. The second-order valence-electron chi connectivity index (χ2n) is 2.84. The first-order chi connectivity index (χ1) is 6.61. The number of benzene rings is 1. The summed E-state index contributed by atoms with van der Waals surface area (Å²) in [7, 11) is 1.40. The molecule has 0 atom stereocenters. The van der Waals surface area contributed by atoms with Gasteiger partial charge in [0.2, 0.25) is 0 Å². The molecule has 0 aliphatic rings. The predicted octanol–water partition coefficient (Wildman–Crippen LogP) is 2.34. The molecule has 0 radical (unpaired) electrons. The highest BCUT2D eigenvalue weighted by Gasteiger charge is 2.15. The van der Waals surface area contributed by atoms with Crippen molar-refractivity contribution in [2.75, 3.05) is 7.11 Å². The number of rotatable bonds is 3. The number of halogens is 1. The van der Waals surface area contributed by atoms with E-state index in [-0.39, 0.29) is 23.2 Å². The van der Waals surface area contributed by atoms with E-state index in [1.54, 1.807) is 12.1 Å². The molecule has 0 heterocycles. The average molecular weight is 215 g/mol. The summed E-state index contributed by atoms with van der Waals surface area (Å²) in [6, 6.07) is 3.21. The third-order valence-corrected chi connectivity index (χ3v) is 2.23. The number of aromatic hydroxyl groups is 1. The van der Waals surface area contributed by atoms with Crippen molar-refractivity contribution in [3.8, 4) is 11.5 Å². The highest BCUT2D eigenvalue weighted by Crippen LogP contribution is 2.34. The summed E-state index contributed by atoms with van der Waals surface area (Å²) in [5.74, 6) is 0.157. The zero-order valence-corrected chi connectivity index (χ0v) is 8.76. The molecule has 0 amide bonds. The number of ketones is 1. The molecule has 0 saturated heterocycles. The average Bonchev–Trinajstić information content (AvgIpc) is 2.17. The van der Waals surface area contributed by atoms with Crippen molar-refractivity contribution in [2.24, 2.45) is 0 Å². The molecule has 3 nitrogen and oxygen atoms in total. The lowest BCUT2D eigenvalue weighted by Crippen LogP contribution is -1.99. The van der Waals surface area contributed by atoms with E-state index in [0.29, 0.717) is 11.1 Å². The maximum absolute atomic E-state index is 11.2. The van der Waals surface area contributed by atoms with Crippen molar-refractivity contribution < 1.29 is 14.6 Å². The highest BCUT2D eigenvalue weighted by atomic mass is 35.5. The molecule has 0 unspecified atom stereocenters. The summed E-state index contributed by atoms with van der Waals surface area (Å²) in [6.07, 6.45) is 0. The molecule has 1 N–H and O–H groups in total. The fourth-order valence-corrected chi connectivity index (χ4v) is 1.42. The van der Waals surface area contributed by atoms with E-state index in [0.717, 1.165) is 0 Å². The van der Waals surface area contributed by atoms with Gasteiger partial charge in [-0.3, -0.25) is 4.79 Å². The molecule has 1 aromatic carbocycles. The molecule has 4 heteroatoms. The Labute approximate surface area is 87.3 Å². The second kappa shape index (κ2) is 4.33. The third kappa shape index (κ3) is 1.82. The number of phenolic OH excluding ortho intramolecular Hbond substituents is 1. The van der Waals surface area contributed by atoms with Crippen molar-refractivity contribution in [1.29, 1.82) is 0 Å². The first kappa shape index (κ1) is 10.9. The Bertz CT molecular complexity index is 361. The fraction of sp³-hybridized carbons (Fsp3) is 0.300. The van der Waals surface area contributed by atoms with Crippen LogP contribution in [0, 0.1) is 0 Å². The quantitative estimate of drug-likeness (QED) is 0.621. The Hall–Kier alpha value is -1.22. The number of phenols is 1. The van der Waals surface area contributed by atoms with Crippen LogP contribution < -0.4 is 4.74 Å². The molecule has 1 rings (SSSR count). The molecule has 0 spiro atoms. The summed E-state index contributed by atoms with van der Waals surface area (Å²) >= 11 is 5.59. The minimum Gasteiger partial charge on any atom is -0.504 e. The molecular weight excluding hydrogens is 204 g/mol. The van der Waals surface area contributed by atoms with Crippen LogP contribution in [0.5, 0.6) is 11.5 Å². The molecule has 0 bridgehead atoms. The van der Waals surface area contributed by atoms with E-state index in [2.05, 4.69) is 0 Å². The van der Waals surface area contributed by atoms with Crippen LogP contribution in [0.2, 0.25) is 0 Å². The lowest BCUT2D eigenvalue weighted by molar-refractivity contribution is 0.101. The van der Waals surface area contributed by atoms with E-state index in [1.807, 2.05) is 0 Å². The normalized spacial score (nSPS) is 9.93. The molecule has 0 aliphatic carbocycles. The Kier molecular flexibility index (Phi) is 3.36. The smallest absolute Gasteiger partial charge is 0.171 e. The molecule has 0 aromatic heterocycles. The summed E-state index contributed by atoms with van der Waals surface area (Å²) in [6.45, 7) is 1.41. The predicted molar refractivity (Wildman–Crippen MR) is 54.2 cm³/mol. The van der Waals surface area contributed by atoms with E-state index < -0.39 is 0 Å². The van der Waals surface area contributed by atoms with Gasteiger partial charge >= 0.3 is 0 Å². The van der Waals surface area contributed by atoms with Crippen molar-refractivity contribution in [1.82, 2.24) is 0 Å². The van der Waals surface area contributed by atoms with Crippen LogP contribution in [-0.2, 0) is 5.88 Å². The van der Waals surface area contributed by atoms with E-state index in [4.69, 9.17) is 16.3 Å². The highest BCUT2D eigenvalue weighted by molar-refractivity contribution is 6.17. The number of hydrogen-bond donors (Lipinski definition) is 1. The van der Waals surface area contributed by atoms with Gasteiger partial charge in [0.25, 0.3) is 0 Å². The van der Waals surface area contributed by atoms with Gasteiger partial charge in [-0.25, -0.2) is 0 Å². The largest absolute Gasteiger partial charge is 0.504 e. The number of Topliss-reactive ketones (excluding diaryl/α,β-unsaturated/α-hetero) is 1. The first-order valence-corrected chi connectivity index (χ1v) is 4.61. The number of methoxy groups -OCH3 is 1. The van der Waals surface area contributed by atoms with Crippen LogP contribution >= 0.6 is 11.6 Å². The van der Waals surface area contributed by atoms with Crippen molar-refractivity contribution in [3.63, 3.8) is 0 Å². The van der Waals surface area contributed by atoms with Gasteiger partial charge in [0.15, 0.2) is 17.3 Å². The molecule has 0 aliphatic heterocycles. The summed E-state index contributed by atoms with van der Waals surface area (Å²) in [5.41, 5.74) is 0.910. The van der Waals surface area contributed by atoms with E-state index in [9.17, 15) is 9.90 Å². The van der Waals surface area contributed by atoms with Crippen molar-refractivity contribution in [2.45, 2.75) is 12.8 Å². The van der Waals surface area contributed by atoms with Crippen molar-refractivity contribution in [3.05, 3.63) is 23.3 Å². The van der Waals surface area contributed by atoms with Gasteiger partial charge in [-0.15, -0.1) is 11.6 Å². The topological polar surface area (TPSA) is 46.5 Å². The van der Waals surface area contributed by atoms with Gasteiger partial charge in [-0.2, -0.15) is 0 Å². The standard InChI is InChI=1S/C10H11ClO3/c1-6(12)8-4-3-7(5-11)9(13)10(8)14-2/h3-4,13H,5H2,1-2H3. The van der Waals surface area contributed by atoms with Crippen LogP contribution in [-0.4, -0.2) is 18.0 Å². The van der Waals surface area contributed by atoms with Gasteiger partial charge in [-0.1, -0.05) is 6.07 Å².